The molecule has 60 valence electrons. The van der Waals surface area contributed by atoms with Gasteiger partial charge in [-0.25, -0.2) is 0 Å². The zero-order valence-electron chi connectivity index (χ0n) is 5.95. The lowest BCUT2D eigenvalue weighted by Gasteiger charge is -2.12. The largest absolute Gasteiger partial charge is 0.379 e. The fourth-order valence-corrected chi connectivity index (χ4v) is 0.536. The van der Waals surface area contributed by atoms with E-state index >= 15 is 0 Å². The number of rotatable bonds is 4. The monoisotopic (exact) mass is 147 g/mol. The molecular formula is C6H13NO3. The first-order chi connectivity index (χ1) is 4.57. The highest BCUT2D eigenvalue weighted by molar-refractivity contribution is 4.98. The summed E-state index contributed by atoms with van der Waals surface area (Å²) >= 11 is 0. The first-order valence-electron chi connectivity index (χ1n) is 2.90. The molecule has 0 rings (SSSR count). The predicted molar refractivity (Wildman–Crippen MR) is 37.0 cm³/mol. The van der Waals surface area contributed by atoms with E-state index in [1.165, 1.54) is 7.11 Å². The molecule has 0 aromatic heterocycles. The van der Waals surface area contributed by atoms with Gasteiger partial charge in [0.25, 0.3) is 0 Å². The predicted octanol–water partition coefficient (Wildman–Crippen LogP) is -0.825. The maximum Gasteiger partial charge on any atom is 0.176 e. The maximum atomic E-state index is 8.89. The molecule has 0 saturated heterocycles. The van der Waals surface area contributed by atoms with Crippen molar-refractivity contribution in [2.45, 2.75) is 18.9 Å². The van der Waals surface area contributed by atoms with Gasteiger partial charge in [-0.1, -0.05) is 6.58 Å². The van der Waals surface area contributed by atoms with Crippen LogP contribution in [0, 0.1) is 0 Å². The Hall–Kier alpha value is -0.420. The molecule has 10 heavy (non-hydrogen) atoms. The molecule has 0 aliphatic rings. The Labute approximate surface area is 59.9 Å². The average molecular weight is 147 g/mol. The molecule has 0 bridgehead atoms. The van der Waals surface area contributed by atoms with Crippen molar-refractivity contribution < 1.29 is 14.9 Å². The van der Waals surface area contributed by atoms with Gasteiger partial charge in [-0.3, -0.25) is 0 Å². The first-order valence-corrected chi connectivity index (χ1v) is 2.90. The van der Waals surface area contributed by atoms with Gasteiger partial charge < -0.3 is 20.7 Å². The molecule has 0 aromatic rings. The van der Waals surface area contributed by atoms with Crippen molar-refractivity contribution in [1.29, 1.82) is 0 Å². The van der Waals surface area contributed by atoms with Gasteiger partial charge in [0.05, 0.1) is 0 Å². The first kappa shape index (κ1) is 9.58. The highest BCUT2D eigenvalue weighted by atomic mass is 16.6. The van der Waals surface area contributed by atoms with Crippen molar-refractivity contribution in [2.24, 2.45) is 5.73 Å². The van der Waals surface area contributed by atoms with Gasteiger partial charge in [0.2, 0.25) is 0 Å². The topological polar surface area (TPSA) is 75.7 Å². The van der Waals surface area contributed by atoms with E-state index in [0.29, 0.717) is 5.57 Å². The molecule has 0 heterocycles. The molecule has 0 amide bonds. The molecule has 0 aromatic carbocycles. The van der Waals surface area contributed by atoms with Crippen molar-refractivity contribution in [3.8, 4) is 0 Å². The van der Waals surface area contributed by atoms with E-state index in [4.69, 9.17) is 15.9 Å². The summed E-state index contributed by atoms with van der Waals surface area (Å²) in [7, 11) is 1.35. The van der Waals surface area contributed by atoms with Crippen LogP contribution in [0.15, 0.2) is 12.2 Å². The summed E-state index contributed by atoms with van der Waals surface area (Å²) in [5, 5.41) is 17.5. The molecule has 0 spiro atoms. The molecule has 0 fully saturated rings. The zero-order valence-corrected chi connectivity index (χ0v) is 5.95. The third-order valence-electron chi connectivity index (χ3n) is 1.04. The summed E-state index contributed by atoms with van der Waals surface area (Å²) in [5.41, 5.74) is 5.39. The van der Waals surface area contributed by atoms with Crippen molar-refractivity contribution in [1.82, 2.24) is 0 Å². The van der Waals surface area contributed by atoms with E-state index in [-0.39, 0.29) is 6.42 Å². The summed E-state index contributed by atoms with van der Waals surface area (Å²) in [6.45, 7) is 3.45. The van der Waals surface area contributed by atoms with Gasteiger partial charge in [-0.2, -0.15) is 0 Å². The Morgan fingerprint density at radius 2 is 2.20 bits per heavy atom. The number of methoxy groups -OCH3 is 1. The van der Waals surface area contributed by atoms with Gasteiger partial charge in [-0.15, -0.1) is 0 Å². The number of ether oxygens (including phenoxy) is 1. The van der Waals surface area contributed by atoms with Crippen molar-refractivity contribution in [3.05, 3.63) is 12.2 Å². The van der Waals surface area contributed by atoms with Crippen molar-refractivity contribution in [2.75, 3.05) is 7.11 Å². The Morgan fingerprint density at radius 3 is 2.50 bits per heavy atom. The summed E-state index contributed by atoms with van der Waals surface area (Å²) < 4.78 is 4.50. The van der Waals surface area contributed by atoms with Crippen LogP contribution in [-0.4, -0.2) is 29.8 Å². The van der Waals surface area contributed by atoms with Crippen LogP contribution in [-0.2, 0) is 4.74 Å². The standard InChI is InChI=1S/C6H13NO3/c1-4(3-5(7)8)6(9)10-2/h5-6,8-9H,1,3,7H2,2H3. The third-order valence-corrected chi connectivity index (χ3v) is 1.04. The van der Waals surface area contributed by atoms with Crippen LogP contribution in [0.5, 0.6) is 0 Å². The van der Waals surface area contributed by atoms with Crippen LogP contribution in [0.4, 0.5) is 0 Å². The Bertz CT molecular complexity index is 114. The van der Waals surface area contributed by atoms with Crippen LogP contribution in [0.25, 0.3) is 0 Å². The van der Waals surface area contributed by atoms with E-state index in [1.54, 1.807) is 0 Å². The molecule has 0 aliphatic heterocycles. The molecule has 0 radical (unpaired) electrons. The van der Waals surface area contributed by atoms with E-state index in [0.717, 1.165) is 0 Å². The molecular weight excluding hydrogens is 134 g/mol. The summed E-state index contributed by atoms with van der Waals surface area (Å²) in [6.07, 6.45) is -1.86. The zero-order chi connectivity index (χ0) is 8.15. The van der Waals surface area contributed by atoms with Gasteiger partial charge in [0.15, 0.2) is 6.29 Å². The summed E-state index contributed by atoms with van der Waals surface area (Å²) in [5.74, 6) is 0. The molecule has 0 aliphatic carbocycles. The van der Waals surface area contributed by atoms with Gasteiger partial charge in [-0.05, 0) is 5.57 Å². The second kappa shape index (κ2) is 4.40. The molecule has 0 saturated carbocycles. The highest BCUT2D eigenvalue weighted by Gasteiger charge is 2.08. The number of hydrogen-bond donors (Lipinski definition) is 3. The van der Waals surface area contributed by atoms with Gasteiger partial charge >= 0.3 is 0 Å². The molecule has 4 heteroatoms. The van der Waals surface area contributed by atoms with Crippen LogP contribution < -0.4 is 5.73 Å². The fraction of sp³-hybridized carbons (Fsp3) is 0.667. The Kier molecular flexibility index (Phi) is 4.22. The molecule has 4 N–H and O–H groups in total. The smallest absolute Gasteiger partial charge is 0.176 e. The summed E-state index contributed by atoms with van der Waals surface area (Å²) in [6, 6.07) is 0. The minimum atomic E-state index is -1.03. The SMILES string of the molecule is C=C(CC(N)O)C(O)OC. The van der Waals surface area contributed by atoms with E-state index < -0.39 is 12.5 Å². The fourth-order valence-electron chi connectivity index (χ4n) is 0.536. The maximum absolute atomic E-state index is 8.89. The lowest BCUT2D eigenvalue weighted by atomic mass is 10.2. The molecule has 2 atom stereocenters. The number of aliphatic hydroxyl groups is 2. The van der Waals surface area contributed by atoms with Crippen LogP contribution in [0.1, 0.15) is 6.42 Å². The minimum Gasteiger partial charge on any atom is -0.379 e. The quantitative estimate of drug-likeness (QED) is 0.358. The molecule has 2 unspecified atom stereocenters. The van der Waals surface area contributed by atoms with E-state index in [1.807, 2.05) is 0 Å². The van der Waals surface area contributed by atoms with Gasteiger partial charge in [0, 0.05) is 13.5 Å². The second-order valence-corrected chi connectivity index (χ2v) is 2.02. The average Bonchev–Trinajstić information content (AvgIpc) is 1.85. The van der Waals surface area contributed by atoms with Gasteiger partial charge in [0.1, 0.15) is 6.23 Å². The van der Waals surface area contributed by atoms with Crippen molar-refractivity contribution >= 4 is 0 Å². The van der Waals surface area contributed by atoms with Crippen molar-refractivity contribution in [3.63, 3.8) is 0 Å². The number of nitrogens with two attached hydrogens (primary N) is 1. The lowest BCUT2D eigenvalue weighted by Crippen LogP contribution is -2.23. The number of hydrogen-bond acceptors (Lipinski definition) is 4. The third kappa shape index (κ3) is 3.58. The van der Waals surface area contributed by atoms with E-state index in [9.17, 15) is 0 Å². The second-order valence-electron chi connectivity index (χ2n) is 2.02. The lowest BCUT2D eigenvalue weighted by molar-refractivity contribution is -0.0492. The van der Waals surface area contributed by atoms with Crippen LogP contribution in [0.2, 0.25) is 0 Å². The Balaban J connectivity index is 3.62. The highest BCUT2D eigenvalue weighted by Crippen LogP contribution is 2.05. The van der Waals surface area contributed by atoms with Crippen LogP contribution >= 0.6 is 0 Å². The summed E-state index contributed by atoms with van der Waals surface area (Å²) in [4.78, 5) is 0. The Morgan fingerprint density at radius 1 is 1.70 bits per heavy atom. The normalized spacial score (nSPS) is 16.4. The molecule has 4 nitrogen and oxygen atoms in total. The minimum absolute atomic E-state index is 0.148. The van der Waals surface area contributed by atoms with E-state index in [2.05, 4.69) is 11.3 Å². The number of aliphatic hydroxyl groups excluding tert-OH is 2. The van der Waals surface area contributed by atoms with Crippen LogP contribution in [0.3, 0.4) is 0 Å².